The molecule has 2 heterocycles. The summed E-state index contributed by atoms with van der Waals surface area (Å²) in [6.07, 6.45) is 0. The van der Waals surface area contributed by atoms with Crippen molar-refractivity contribution in [1.82, 2.24) is 14.7 Å². The van der Waals surface area contributed by atoms with Gasteiger partial charge in [-0.05, 0) is 19.9 Å². The zero-order valence-corrected chi connectivity index (χ0v) is 12.8. The average molecular weight is 239 g/mol. The van der Waals surface area contributed by atoms with E-state index in [1.54, 1.807) is 0 Å². The lowest BCUT2D eigenvalue weighted by molar-refractivity contribution is 0.284. The summed E-state index contributed by atoms with van der Waals surface area (Å²) in [5.41, 5.74) is 4.07. The first-order chi connectivity index (χ1) is 8.09. The molecule has 100 valence electrons. The second-order valence-electron chi connectivity index (χ2n) is 4.17. The van der Waals surface area contributed by atoms with E-state index in [9.17, 15) is 0 Å². The molecule has 1 unspecified atom stereocenters. The summed E-state index contributed by atoms with van der Waals surface area (Å²) in [5, 5.41) is 4.53. The van der Waals surface area contributed by atoms with E-state index >= 15 is 0 Å². The maximum absolute atomic E-state index is 4.53. The number of aromatic nitrogens is 2. The van der Waals surface area contributed by atoms with Crippen LogP contribution in [0, 0.1) is 6.92 Å². The van der Waals surface area contributed by atoms with Crippen LogP contribution in [0.25, 0.3) is 0 Å². The second kappa shape index (κ2) is 7.49. The number of rotatable bonds is 0. The molecule has 1 aromatic rings. The van der Waals surface area contributed by atoms with Crippen molar-refractivity contribution in [3.05, 3.63) is 17.0 Å². The highest BCUT2D eigenvalue weighted by molar-refractivity contribution is 5.31. The highest BCUT2D eigenvalue weighted by Crippen LogP contribution is 2.28. The molecule has 0 fully saturated rings. The van der Waals surface area contributed by atoms with Gasteiger partial charge in [-0.1, -0.05) is 34.6 Å². The lowest BCUT2D eigenvalue weighted by Crippen LogP contribution is -2.29. The number of hydrogen-bond donors (Lipinski definition) is 0. The van der Waals surface area contributed by atoms with E-state index in [1.165, 1.54) is 17.0 Å². The van der Waals surface area contributed by atoms with Gasteiger partial charge in [-0.15, -0.1) is 0 Å². The third-order valence-electron chi connectivity index (χ3n) is 2.95. The molecule has 0 aromatic carbocycles. The Morgan fingerprint density at radius 1 is 1.12 bits per heavy atom. The van der Waals surface area contributed by atoms with Crippen molar-refractivity contribution in [2.24, 2.45) is 7.05 Å². The van der Waals surface area contributed by atoms with Crippen LogP contribution in [0.15, 0.2) is 0 Å². The summed E-state index contributed by atoms with van der Waals surface area (Å²) in [6, 6.07) is 0. The van der Waals surface area contributed by atoms with E-state index in [0.717, 1.165) is 13.1 Å². The monoisotopic (exact) mass is 239 g/mol. The summed E-state index contributed by atoms with van der Waals surface area (Å²) in [5.74, 6) is 0.627. The fraction of sp³-hybridized carbons (Fsp3) is 0.786. The van der Waals surface area contributed by atoms with Crippen molar-refractivity contribution >= 4 is 0 Å². The fourth-order valence-electron chi connectivity index (χ4n) is 2.33. The van der Waals surface area contributed by atoms with Crippen LogP contribution >= 0.6 is 0 Å². The van der Waals surface area contributed by atoms with Crippen LogP contribution in [0.4, 0.5) is 0 Å². The van der Waals surface area contributed by atoms with Crippen molar-refractivity contribution in [2.75, 3.05) is 13.6 Å². The van der Waals surface area contributed by atoms with Gasteiger partial charge in [0.15, 0.2) is 0 Å². The minimum absolute atomic E-state index is 0.627. The SMILES string of the molecule is CC.CC.Cc1c2c(nn1C)CN(C)CC2C. The third kappa shape index (κ3) is 3.56. The molecule has 0 saturated carbocycles. The average Bonchev–Trinajstić information content (AvgIpc) is 2.60. The lowest BCUT2D eigenvalue weighted by Gasteiger charge is -2.27. The standard InChI is InChI=1S/C10H17N3.2C2H6/c1-7-5-12(3)6-9-10(7)8(2)13(4)11-9;2*1-2/h7H,5-6H2,1-4H3;2*1-2H3. The zero-order valence-electron chi connectivity index (χ0n) is 12.8. The molecule has 0 aliphatic carbocycles. The van der Waals surface area contributed by atoms with Gasteiger partial charge < -0.3 is 0 Å². The van der Waals surface area contributed by atoms with Gasteiger partial charge in [0.2, 0.25) is 0 Å². The van der Waals surface area contributed by atoms with Gasteiger partial charge in [-0.2, -0.15) is 5.10 Å². The smallest absolute Gasteiger partial charge is 0.0802 e. The van der Waals surface area contributed by atoms with E-state index in [2.05, 4.69) is 30.9 Å². The maximum atomic E-state index is 4.53. The van der Waals surface area contributed by atoms with E-state index in [4.69, 9.17) is 0 Å². The second-order valence-corrected chi connectivity index (χ2v) is 4.17. The molecule has 2 rings (SSSR count). The summed E-state index contributed by atoms with van der Waals surface area (Å²) >= 11 is 0. The number of likely N-dealkylation sites (N-methyl/N-ethyl adjacent to an activating group) is 1. The van der Waals surface area contributed by atoms with Gasteiger partial charge in [-0.3, -0.25) is 9.58 Å². The topological polar surface area (TPSA) is 21.1 Å². The van der Waals surface area contributed by atoms with Crippen LogP contribution in [-0.4, -0.2) is 28.3 Å². The molecule has 17 heavy (non-hydrogen) atoms. The van der Waals surface area contributed by atoms with E-state index in [-0.39, 0.29) is 0 Å². The van der Waals surface area contributed by atoms with E-state index < -0.39 is 0 Å². The van der Waals surface area contributed by atoms with Gasteiger partial charge in [0, 0.05) is 31.4 Å². The van der Waals surface area contributed by atoms with Crippen LogP contribution in [0.5, 0.6) is 0 Å². The highest BCUT2D eigenvalue weighted by atomic mass is 15.3. The predicted molar refractivity (Wildman–Crippen MR) is 75.4 cm³/mol. The molecule has 0 amide bonds. The molecule has 1 aliphatic rings. The first-order valence-corrected chi connectivity index (χ1v) is 6.80. The molecule has 1 aromatic heterocycles. The Hall–Kier alpha value is -0.830. The molecule has 0 radical (unpaired) electrons. The minimum atomic E-state index is 0.627. The molecule has 3 heteroatoms. The van der Waals surface area contributed by atoms with Gasteiger partial charge in [0.1, 0.15) is 0 Å². The van der Waals surface area contributed by atoms with Crippen LogP contribution in [0.1, 0.15) is 57.5 Å². The largest absolute Gasteiger partial charge is 0.300 e. The van der Waals surface area contributed by atoms with Crippen molar-refractivity contribution in [3.63, 3.8) is 0 Å². The Morgan fingerprint density at radius 3 is 2.18 bits per heavy atom. The fourth-order valence-corrected chi connectivity index (χ4v) is 2.33. The summed E-state index contributed by atoms with van der Waals surface area (Å²) in [7, 11) is 4.18. The zero-order chi connectivity index (χ0) is 13.6. The number of nitrogens with zero attached hydrogens (tertiary/aromatic N) is 3. The molecule has 0 spiro atoms. The van der Waals surface area contributed by atoms with Crippen LogP contribution in [-0.2, 0) is 13.6 Å². The minimum Gasteiger partial charge on any atom is -0.300 e. The lowest BCUT2D eigenvalue weighted by atomic mass is 9.95. The highest BCUT2D eigenvalue weighted by Gasteiger charge is 2.25. The van der Waals surface area contributed by atoms with Gasteiger partial charge >= 0.3 is 0 Å². The normalized spacial score (nSPS) is 18.5. The van der Waals surface area contributed by atoms with Gasteiger partial charge in [0.25, 0.3) is 0 Å². The number of hydrogen-bond acceptors (Lipinski definition) is 2. The maximum Gasteiger partial charge on any atom is 0.0802 e. The molecule has 0 saturated heterocycles. The Balaban J connectivity index is 0.000000581. The van der Waals surface area contributed by atoms with Crippen molar-refractivity contribution in [1.29, 1.82) is 0 Å². The van der Waals surface area contributed by atoms with Crippen molar-refractivity contribution < 1.29 is 0 Å². The Labute approximate surface area is 107 Å². The van der Waals surface area contributed by atoms with Crippen molar-refractivity contribution in [2.45, 2.75) is 54.0 Å². The summed E-state index contributed by atoms with van der Waals surface area (Å²) in [4.78, 5) is 2.33. The third-order valence-corrected chi connectivity index (χ3v) is 2.95. The van der Waals surface area contributed by atoms with E-state index in [0.29, 0.717) is 5.92 Å². The van der Waals surface area contributed by atoms with Crippen LogP contribution < -0.4 is 0 Å². The quantitative estimate of drug-likeness (QED) is 0.692. The first-order valence-electron chi connectivity index (χ1n) is 6.80. The molecule has 1 aliphatic heterocycles. The Bertz CT molecular complexity index is 328. The van der Waals surface area contributed by atoms with Crippen LogP contribution in [0.3, 0.4) is 0 Å². The summed E-state index contributed by atoms with van der Waals surface area (Å²) in [6.45, 7) is 14.6. The van der Waals surface area contributed by atoms with Gasteiger partial charge in [-0.25, -0.2) is 0 Å². The molecule has 3 nitrogen and oxygen atoms in total. The molecular weight excluding hydrogens is 210 g/mol. The first kappa shape index (κ1) is 16.2. The molecule has 1 atom stereocenters. The predicted octanol–water partition coefficient (Wildman–Crippen LogP) is 3.33. The molecular formula is C14H29N3. The molecule has 0 N–H and O–H groups in total. The molecule has 0 bridgehead atoms. The number of fused-ring (bicyclic) bond motifs is 1. The Morgan fingerprint density at radius 2 is 1.65 bits per heavy atom. The van der Waals surface area contributed by atoms with Gasteiger partial charge in [0.05, 0.1) is 5.69 Å². The number of aryl methyl sites for hydroxylation is 1. The van der Waals surface area contributed by atoms with Crippen LogP contribution in [0.2, 0.25) is 0 Å². The summed E-state index contributed by atoms with van der Waals surface area (Å²) < 4.78 is 2.00. The Kier molecular flexibility index (Phi) is 7.12. The van der Waals surface area contributed by atoms with E-state index in [1.807, 2.05) is 39.4 Å². The van der Waals surface area contributed by atoms with Crippen molar-refractivity contribution in [3.8, 4) is 0 Å².